The largest absolute Gasteiger partial charge is 0.372 e. The normalized spacial score (nSPS) is 17.6. The van der Waals surface area contributed by atoms with Crippen LogP contribution in [0.25, 0.3) is 0 Å². The molecule has 1 aromatic heterocycles. The van der Waals surface area contributed by atoms with E-state index in [0.29, 0.717) is 4.47 Å². The van der Waals surface area contributed by atoms with E-state index in [4.69, 9.17) is 0 Å². The van der Waals surface area contributed by atoms with E-state index < -0.39 is 11.6 Å². The average molecular weight is 339 g/mol. The minimum atomic E-state index is -0.597. The van der Waals surface area contributed by atoms with Crippen LogP contribution in [0.15, 0.2) is 34.9 Å². The molecule has 1 unspecified atom stereocenters. The number of rotatable bonds is 2. The number of benzene rings is 1. The molecule has 0 radical (unpaired) electrons. The third-order valence-electron chi connectivity index (χ3n) is 3.52. The number of aryl methyl sites for hydroxylation is 1. The molecule has 1 aliphatic carbocycles. The maximum Gasteiger partial charge on any atom is 0.150 e. The van der Waals surface area contributed by atoms with Gasteiger partial charge in [-0.25, -0.2) is 8.78 Å². The van der Waals surface area contributed by atoms with Gasteiger partial charge >= 0.3 is 0 Å². The second-order valence-electron chi connectivity index (χ2n) is 4.88. The molecule has 0 amide bonds. The van der Waals surface area contributed by atoms with Crippen molar-refractivity contribution in [3.8, 4) is 0 Å². The van der Waals surface area contributed by atoms with E-state index in [1.165, 1.54) is 12.1 Å². The first-order chi connectivity index (χ1) is 9.65. The molecule has 1 aromatic carbocycles. The van der Waals surface area contributed by atoms with Gasteiger partial charge in [0.05, 0.1) is 11.7 Å². The number of aromatic nitrogens is 1. The SMILES string of the molecule is Fc1cc(Br)cc(F)c1NC1CCCc2cccnc21. The molecule has 104 valence electrons. The predicted octanol–water partition coefficient (Wildman–Crippen LogP) is 4.61. The van der Waals surface area contributed by atoms with Crippen LogP contribution in [0.2, 0.25) is 0 Å². The highest BCUT2D eigenvalue weighted by Crippen LogP contribution is 2.33. The molecule has 1 aliphatic rings. The highest BCUT2D eigenvalue weighted by Gasteiger charge is 2.23. The number of hydrogen-bond acceptors (Lipinski definition) is 2. The molecule has 5 heteroatoms. The van der Waals surface area contributed by atoms with Crippen LogP contribution in [0, 0.1) is 11.6 Å². The minimum absolute atomic E-state index is 0.0864. The highest BCUT2D eigenvalue weighted by atomic mass is 79.9. The van der Waals surface area contributed by atoms with Crippen molar-refractivity contribution in [2.75, 3.05) is 5.32 Å². The van der Waals surface area contributed by atoms with Gasteiger partial charge in [-0.3, -0.25) is 4.98 Å². The molecule has 1 atom stereocenters. The summed E-state index contributed by atoms with van der Waals surface area (Å²) in [5.41, 5.74) is 1.95. The van der Waals surface area contributed by atoms with E-state index in [0.717, 1.165) is 30.5 Å². The Bertz CT molecular complexity index is 623. The van der Waals surface area contributed by atoms with Crippen LogP contribution in [0.3, 0.4) is 0 Å². The molecule has 1 heterocycles. The maximum absolute atomic E-state index is 13.9. The lowest BCUT2D eigenvalue weighted by Crippen LogP contribution is -2.20. The maximum atomic E-state index is 13.9. The van der Waals surface area contributed by atoms with E-state index in [2.05, 4.69) is 26.2 Å². The van der Waals surface area contributed by atoms with E-state index >= 15 is 0 Å². The van der Waals surface area contributed by atoms with Crippen molar-refractivity contribution in [3.05, 3.63) is 57.8 Å². The zero-order valence-electron chi connectivity index (χ0n) is 10.7. The van der Waals surface area contributed by atoms with Crippen molar-refractivity contribution in [3.63, 3.8) is 0 Å². The fourth-order valence-corrected chi connectivity index (χ4v) is 3.01. The summed E-state index contributed by atoms with van der Waals surface area (Å²) in [4.78, 5) is 4.36. The summed E-state index contributed by atoms with van der Waals surface area (Å²) in [5.74, 6) is -1.19. The van der Waals surface area contributed by atoms with Crippen LogP contribution in [0.5, 0.6) is 0 Å². The fourth-order valence-electron chi connectivity index (χ4n) is 2.60. The molecule has 1 N–H and O–H groups in total. The zero-order valence-corrected chi connectivity index (χ0v) is 12.3. The van der Waals surface area contributed by atoms with Crippen LogP contribution in [0.4, 0.5) is 14.5 Å². The van der Waals surface area contributed by atoms with Crippen LogP contribution >= 0.6 is 15.9 Å². The quantitative estimate of drug-likeness (QED) is 0.864. The number of nitrogens with one attached hydrogen (secondary N) is 1. The molecule has 0 spiro atoms. The Labute approximate surface area is 124 Å². The fraction of sp³-hybridized carbons (Fsp3) is 0.267. The van der Waals surface area contributed by atoms with Crippen LogP contribution < -0.4 is 5.32 Å². The lowest BCUT2D eigenvalue weighted by molar-refractivity contribution is 0.553. The van der Waals surface area contributed by atoms with Crippen LogP contribution in [-0.4, -0.2) is 4.98 Å². The molecule has 3 rings (SSSR count). The van der Waals surface area contributed by atoms with E-state index in [1.54, 1.807) is 6.20 Å². The predicted molar refractivity (Wildman–Crippen MR) is 77.6 cm³/mol. The summed E-state index contributed by atoms with van der Waals surface area (Å²) in [6.45, 7) is 0. The Hall–Kier alpha value is -1.49. The lowest BCUT2D eigenvalue weighted by Gasteiger charge is -2.26. The van der Waals surface area contributed by atoms with Gasteiger partial charge in [-0.15, -0.1) is 0 Å². The van der Waals surface area contributed by atoms with Gasteiger partial charge in [-0.1, -0.05) is 22.0 Å². The Morgan fingerprint density at radius 1 is 1.25 bits per heavy atom. The van der Waals surface area contributed by atoms with E-state index in [1.807, 2.05) is 12.1 Å². The van der Waals surface area contributed by atoms with Gasteiger partial charge in [0.2, 0.25) is 0 Å². The summed E-state index contributed by atoms with van der Waals surface area (Å²) in [6, 6.07) is 6.28. The number of halogens is 3. The Morgan fingerprint density at radius 2 is 2.00 bits per heavy atom. The molecular weight excluding hydrogens is 326 g/mol. The first-order valence-electron chi connectivity index (χ1n) is 6.50. The topological polar surface area (TPSA) is 24.9 Å². The number of anilines is 1. The highest BCUT2D eigenvalue weighted by molar-refractivity contribution is 9.10. The third kappa shape index (κ3) is 2.54. The van der Waals surface area contributed by atoms with Crippen molar-refractivity contribution in [2.24, 2.45) is 0 Å². The lowest BCUT2D eigenvalue weighted by atomic mass is 9.92. The molecule has 2 aromatic rings. The standard InChI is InChI=1S/C15H13BrF2N2/c16-10-7-11(17)15(12(18)8-10)20-13-5-1-3-9-4-2-6-19-14(9)13/h2,4,6-8,13,20H,1,3,5H2. The van der Waals surface area contributed by atoms with E-state index in [9.17, 15) is 8.78 Å². The molecular formula is C15H13BrF2N2. The molecule has 0 fully saturated rings. The first kappa shape index (κ1) is 13.5. The summed E-state index contributed by atoms with van der Waals surface area (Å²) in [6.07, 6.45) is 4.48. The van der Waals surface area contributed by atoms with Gasteiger partial charge in [-0.05, 0) is 43.0 Å². The summed E-state index contributed by atoms with van der Waals surface area (Å²) in [5, 5.41) is 2.97. The van der Waals surface area contributed by atoms with Crippen molar-refractivity contribution in [2.45, 2.75) is 25.3 Å². The number of hydrogen-bond donors (Lipinski definition) is 1. The smallest absolute Gasteiger partial charge is 0.150 e. The molecule has 2 nitrogen and oxygen atoms in total. The summed E-state index contributed by atoms with van der Waals surface area (Å²) < 4.78 is 28.2. The molecule has 0 saturated heterocycles. The molecule has 0 saturated carbocycles. The van der Waals surface area contributed by atoms with Crippen molar-refractivity contribution < 1.29 is 8.78 Å². The van der Waals surface area contributed by atoms with Gasteiger partial charge < -0.3 is 5.32 Å². The monoisotopic (exact) mass is 338 g/mol. The molecule has 0 bridgehead atoms. The van der Waals surface area contributed by atoms with E-state index in [-0.39, 0.29) is 11.7 Å². The zero-order chi connectivity index (χ0) is 14.1. The minimum Gasteiger partial charge on any atom is -0.372 e. The summed E-state index contributed by atoms with van der Waals surface area (Å²) in [7, 11) is 0. The van der Waals surface area contributed by atoms with Gasteiger partial charge in [0.15, 0.2) is 0 Å². The Kier molecular flexibility index (Phi) is 3.70. The Balaban J connectivity index is 1.94. The van der Waals surface area contributed by atoms with Gasteiger partial charge in [0.25, 0.3) is 0 Å². The number of nitrogens with zero attached hydrogens (tertiary/aromatic N) is 1. The van der Waals surface area contributed by atoms with Gasteiger partial charge in [-0.2, -0.15) is 0 Å². The first-order valence-corrected chi connectivity index (χ1v) is 7.29. The second-order valence-corrected chi connectivity index (χ2v) is 5.80. The second kappa shape index (κ2) is 5.48. The van der Waals surface area contributed by atoms with Crippen molar-refractivity contribution in [1.82, 2.24) is 4.98 Å². The number of fused-ring (bicyclic) bond motifs is 1. The summed E-state index contributed by atoms with van der Waals surface area (Å²) >= 11 is 3.08. The average Bonchev–Trinajstić information content (AvgIpc) is 2.43. The number of pyridine rings is 1. The van der Waals surface area contributed by atoms with Crippen molar-refractivity contribution in [1.29, 1.82) is 0 Å². The van der Waals surface area contributed by atoms with Gasteiger partial charge in [0.1, 0.15) is 17.3 Å². The van der Waals surface area contributed by atoms with Gasteiger partial charge in [0, 0.05) is 10.7 Å². The van der Waals surface area contributed by atoms with Crippen LogP contribution in [0.1, 0.15) is 30.1 Å². The Morgan fingerprint density at radius 3 is 2.75 bits per heavy atom. The molecule has 20 heavy (non-hydrogen) atoms. The third-order valence-corrected chi connectivity index (χ3v) is 3.98. The van der Waals surface area contributed by atoms with Crippen molar-refractivity contribution >= 4 is 21.6 Å². The molecule has 0 aliphatic heterocycles. The van der Waals surface area contributed by atoms with Crippen LogP contribution in [-0.2, 0) is 6.42 Å².